The Labute approximate surface area is 132 Å². The summed E-state index contributed by atoms with van der Waals surface area (Å²) in [5.74, 6) is -0.902. The summed E-state index contributed by atoms with van der Waals surface area (Å²) >= 11 is 4.31. The summed E-state index contributed by atoms with van der Waals surface area (Å²) in [6.45, 7) is 0. The summed E-state index contributed by atoms with van der Waals surface area (Å²) in [6, 6.07) is 8.20. The molecule has 0 fully saturated rings. The quantitative estimate of drug-likeness (QED) is 0.640. The lowest BCUT2D eigenvalue weighted by atomic mass is 10.2. The normalized spacial score (nSPS) is 10.3. The summed E-state index contributed by atoms with van der Waals surface area (Å²) in [5, 5.41) is 20.0. The maximum absolute atomic E-state index is 11.0. The maximum Gasteiger partial charge on any atom is 0.307 e. The first-order chi connectivity index (χ1) is 9.95. The van der Waals surface area contributed by atoms with Crippen LogP contribution in [-0.4, -0.2) is 21.0 Å². The third-order valence-electron chi connectivity index (χ3n) is 2.49. The van der Waals surface area contributed by atoms with Gasteiger partial charge in [0.1, 0.15) is 0 Å². The van der Waals surface area contributed by atoms with Gasteiger partial charge in [-0.25, -0.2) is 4.98 Å². The van der Waals surface area contributed by atoms with E-state index in [0.717, 1.165) is 16.7 Å². The Hall–Kier alpha value is -1.93. The van der Waals surface area contributed by atoms with Gasteiger partial charge in [0.2, 0.25) is 0 Å². The van der Waals surface area contributed by atoms with Gasteiger partial charge in [-0.3, -0.25) is 14.9 Å². The van der Waals surface area contributed by atoms with Gasteiger partial charge in [0.05, 0.1) is 11.3 Å². The maximum atomic E-state index is 11.0. The molecule has 108 valence electrons. The van der Waals surface area contributed by atoms with Gasteiger partial charge < -0.3 is 5.11 Å². The van der Waals surface area contributed by atoms with Gasteiger partial charge in [0.25, 0.3) is 0 Å². The van der Waals surface area contributed by atoms with Crippen LogP contribution in [0.15, 0.2) is 50.9 Å². The summed E-state index contributed by atoms with van der Waals surface area (Å²) in [6.07, 6.45) is 1.44. The molecule has 2 aromatic rings. The molecule has 0 spiro atoms. The molecule has 1 heterocycles. The van der Waals surface area contributed by atoms with E-state index >= 15 is 0 Å². The molecular weight excluding hydrogens is 360 g/mol. The van der Waals surface area contributed by atoms with E-state index in [1.807, 2.05) is 0 Å². The second kappa shape index (κ2) is 6.68. The number of carboxylic acids is 1. The van der Waals surface area contributed by atoms with E-state index in [9.17, 15) is 14.9 Å². The SMILES string of the molecule is O=C(O)Cc1ccc(Sc2ncc(Br)cc2[N+](=O)[O-])cc1. The molecule has 0 amide bonds. The van der Waals surface area contributed by atoms with E-state index in [4.69, 9.17) is 5.11 Å². The van der Waals surface area contributed by atoms with Gasteiger partial charge in [0.15, 0.2) is 5.03 Å². The molecule has 2 rings (SSSR count). The summed E-state index contributed by atoms with van der Waals surface area (Å²) in [5.41, 5.74) is 0.592. The first-order valence-corrected chi connectivity index (χ1v) is 7.35. The molecule has 0 unspecified atom stereocenters. The van der Waals surface area contributed by atoms with Crippen LogP contribution < -0.4 is 0 Å². The minimum Gasteiger partial charge on any atom is -0.481 e. The molecule has 0 saturated carbocycles. The summed E-state index contributed by atoms with van der Waals surface area (Å²) in [7, 11) is 0. The molecular formula is C13H9BrN2O4S. The Bertz CT molecular complexity index is 691. The Morgan fingerprint density at radius 3 is 2.62 bits per heavy atom. The molecule has 1 aromatic heterocycles. The van der Waals surface area contributed by atoms with E-state index in [1.54, 1.807) is 24.3 Å². The number of pyridine rings is 1. The molecule has 8 heteroatoms. The number of aliphatic carboxylic acids is 1. The highest BCUT2D eigenvalue weighted by Crippen LogP contribution is 2.34. The number of rotatable bonds is 5. The summed E-state index contributed by atoms with van der Waals surface area (Å²) in [4.78, 5) is 25.9. The minimum absolute atomic E-state index is 0.0539. The van der Waals surface area contributed by atoms with Crippen LogP contribution >= 0.6 is 27.7 Å². The lowest BCUT2D eigenvalue weighted by Gasteiger charge is -2.03. The number of hydrogen-bond acceptors (Lipinski definition) is 5. The van der Waals surface area contributed by atoms with E-state index in [-0.39, 0.29) is 17.1 Å². The molecule has 6 nitrogen and oxygen atoms in total. The van der Waals surface area contributed by atoms with Crippen molar-refractivity contribution in [2.45, 2.75) is 16.3 Å². The summed E-state index contributed by atoms with van der Waals surface area (Å²) < 4.78 is 0.537. The molecule has 0 atom stereocenters. The molecule has 1 aromatic carbocycles. The lowest BCUT2D eigenvalue weighted by Crippen LogP contribution is -1.99. The molecule has 1 N–H and O–H groups in total. The number of carbonyl (C=O) groups is 1. The number of aromatic nitrogens is 1. The van der Waals surface area contributed by atoms with Crippen molar-refractivity contribution in [2.75, 3.05) is 0 Å². The van der Waals surface area contributed by atoms with Gasteiger partial charge in [-0.05, 0) is 33.6 Å². The highest BCUT2D eigenvalue weighted by molar-refractivity contribution is 9.10. The largest absolute Gasteiger partial charge is 0.481 e. The average molecular weight is 369 g/mol. The van der Waals surface area contributed by atoms with Gasteiger partial charge in [-0.2, -0.15) is 0 Å². The number of carboxylic acid groups (broad SMARTS) is 1. The lowest BCUT2D eigenvalue weighted by molar-refractivity contribution is -0.388. The van der Waals surface area contributed by atoms with Crippen LogP contribution in [0.5, 0.6) is 0 Å². The molecule has 0 saturated heterocycles. The zero-order valence-corrected chi connectivity index (χ0v) is 12.9. The predicted molar refractivity (Wildman–Crippen MR) is 80.5 cm³/mol. The second-order valence-electron chi connectivity index (χ2n) is 4.05. The molecule has 0 aliphatic carbocycles. The van der Waals surface area contributed by atoms with E-state index in [1.165, 1.54) is 12.3 Å². The van der Waals surface area contributed by atoms with Crippen molar-refractivity contribution in [3.05, 3.63) is 56.7 Å². The fourth-order valence-corrected chi connectivity index (χ4v) is 2.75. The predicted octanol–water partition coefficient (Wildman–Crippen LogP) is 3.53. The monoisotopic (exact) mass is 368 g/mol. The number of nitro groups is 1. The third-order valence-corrected chi connectivity index (χ3v) is 3.94. The van der Waals surface area contributed by atoms with Gasteiger partial charge in [-0.15, -0.1) is 0 Å². The van der Waals surface area contributed by atoms with Gasteiger partial charge in [-0.1, -0.05) is 23.9 Å². The van der Waals surface area contributed by atoms with Crippen LogP contribution in [-0.2, 0) is 11.2 Å². The Kier molecular flexibility index (Phi) is 4.92. The first-order valence-electron chi connectivity index (χ1n) is 5.74. The van der Waals surface area contributed by atoms with Crippen molar-refractivity contribution < 1.29 is 14.8 Å². The number of halogens is 1. The highest BCUT2D eigenvalue weighted by Gasteiger charge is 2.17. The van der Waals surface area contributed by atoms with E-state index in [0.29, 0.717) is 10.0 Å². The van der Waals surface area contributed by atoms with Gasteiger partial charge in [0, 0.05) is 21.6 Å². The zero-order valence-electron chi connectivity index (χ0n) is 10.5. The molecule has 0 aliphatic rings. The first kappa shape index (κ1) is 15.5. The zero-order chi connectivity index (χ0) is 15.4. The van der Waals surface area contributed by atoms with Crippen molar-refractivity contribution in [3.63, 3.8) is 0 Å². The van der Waals surface area contributed by atoms with Crippen LogP contribution in [0.2, 0.25) is 0 Å². The van der Waals surface area contributed by atoms with Crippen molar-refractivity contribution in [1.29, 1.82) is 0 Å². The van der Waals surface area contributed by atoms with E-state index < -0.39 is 10.9 Å². The third kappa shape index (κ3) is 4.27. The smallest absolute Gasteiger partial charge is 0.307 e. The van der Waals surface area contributed by atoms with Crippen LogP contribution in [0, 0.1) is 10.1 Å². The van der Waals surface area contributed by atoms with Crippen molar-refractivity contribution in [2.24, 2.45) is 0 Å². The van der Waals surface area contributed by atoms with E-state index in [2.05, 4.69) is 20.9 Å². The number of benzene rings is 1. The highest BCUT2D eigenvalue weighted by atomic mass is 79.9. The van der Waals surface area contributed by atoms with Crippen LogP contribution in [0.3, 0.4) is 0 Å². The molecule has 0 aliphatic heterocycles. The van der Waals surface area contributed by atoms with Crippen molar-refractivity contribution >= 4 is 39.3 Å². The van der Waals surface area contributed by atoms with Gasteiger partial charge >= 0.3 is 11.7 Å². The molecule has 0 bridgehead atoms. The fourth-order valence-electron chi connectivity index (χ4n) is 1.59. The van der Waals surface area contributed by atoms with Crippen molar-refractivity contribution in [1.82, 2.24) is 4.98 Å². The Balaban J connectivity index is 2.22. The Morgan fingerprint density at radius 1 is 1.38 bits per heavy atom. The standard InChI is InChI=1S/C13H9BrN2O4S/c14-9-6-11(16(19)20)13(15-7-9)21-10-3-1-8(2-4-10)5-12(17)18/h1-4,6-7H,5H2,(H,17,18). The topological polar surface area (TPSA) is 93.3 Å². The average Bonchev–Trinajstić information content (AvgIpc) is 2.42. The fraction of sp³-hybridized carbons (Fsp3) is 0.0769. The van der Waals surface area contributed by atoms with Crippen molar-refractivity contribution in [3.8, 4) is 0 Å². The minimum atomic E-state index is -0.902. The second-order valence-corrected chi connectivity index (χ2v) is 6.03. The number of hydrogen-bond donors (Lipinski definition) is 1. The number of nitrogens with zero attached hydrogens (tertiary/aromatic N) is 2. The Morgan fingerprint density at radius 2 is 2.05 bits per heavy atom. The van der Waals surface area contributed by atoms with Crippen LogP contribution in [0.1, 0.15) is 5.56 Å². The molecule has 21 heavy (non-hydrogen) atoms. The molecule has 0 radical (unpaired) electrons. The van der Waals surface area contributed by atoms with Crippen LogP contribution in [0.25, 0.3) is 0 Å². The van der Waals surface area contributed by atoms with Crippen LogP contribution in [0.4, 0.5) is 5.69 Å².